The van der Waals surface area contributed by atoms with Crippen LogP contribution in [0, 0.1) is 0 Å². The number of benzene rings is 2. The summed E-state index contributed by atoms with van der Waals surface area (Å²) in [5.74, 6) is 1.75. The normalized spacial score (nSPS) is 16.8. The van der Waals surface area contributed by atoms with Crippen LogP contribution in [-0.4, -0.2) is 18.5 Å². The summed E-state index contributed by atoms with van der Waals surface area (Å²) in [5.41, 5.74) is 1.44. The molecule has 0 bridgehead atoms. The van der Waals surface area contributed by atoms with E-state index < -0.39 is 0 Å². The highest BCUT2D eigenvalue weighted by Crippen LogP contribution is 2.37. The number of fused-ring (bicyclic) bond motifs is 1. The van der Waals surface area contributed by atoms with E-state index in [1.54, 1.807) is 0 Å². The maximum Gasteiger partial charge on any atom is 0.123 e. The van der Waals surface area contributed by atoms with Crippen molar-refractivity contribution in [3.63, 3.8) is 0 Å². The van der Waals surface area contributed by atoms with Gasteiger partial charge in [-0.25, -0.2) is 0 Å². The van der Waals surface area contributed by atoms with Gasteiger partial charge < -0.3 is 9.47 Å². The molecule has 0 aromatic heterocycles. The lowest BCUT2D eigenvalue weighted by molar-refractivity contribution is 0.309. The van der Waals surface area contributed by atoms with E-state index in [-0.39, 0.29) is 0 Å². The summed E-state index contributed by atoms with van der Waals surface area (Å²) >= 11 is 1.91. The van der Waals surface area contributed by atoms with Crippen LogP contribution in [0.4, 0.5) is 0 Å². The van der Waals surface area contributed by atoms with Gasteiger partial charge in [-0.2, -0.15) is 0 Å². The van der Waals surface area contributed by atoms with Crippen LogP contribution in [0.25, 0.3) is 0 Å². The smallest absolute Gasteiger partial charge is 0.123 e. The van der Waals surface area contributed by atoms with Gasteiger partial charge >= 0.3 is 0 Å². The van der Waals surface area contributed by atoms with E-state index in [0.29, 0.717) is 11.9 Å². The first-order chi connectivity index (χ1) is 9.85. The minimum absolute atomic E-state index is 0.503. The molecule has 0 amide bonds. The lowest BCUT2D eigenvalue weighted by Crippen LogP contribution is -2.13. The molecule has 0 saturated heterocycles. The highest BCUT2D eigenvalue weighted by atomic mass is 32.2. The van der Waals surface area contributed by atoms with Gasteiger partial charge in [0, 0.05) is 16.2 Å². The SMILES string of the molecule is CCOc1cccc(OCC2Cc3ccccc3S2)c1. The molecule has 0 fully saturated rings. The molecule has 0 N–H and O–H groups in total. The molecule has 2 aromatic carbocycles. The Hall–Kier alpha value is -1.61. The van der Waals surface area contributed by atoms with Gasteiger partial charge in [-0.05, 0) is 37.1 Å². The fourth-order valence-electron chi connectivity index (χ4n) is 2.36. The van der Waals surface area contributed by atoms with Crippen LogP contribution in [0.5, 0.6) is 11.5 Å². The van der Waals surface area contributed by atoms with Gasteiger partial charge in [0.25, 0.3) is 0 Å². The van der Waals surface area contributed by atoms with Crippen molar-refractivity contribution in [3.8, 4) is 11.5 Å². The van der Waals surface area contributed by atoms with E-state index in [9.17, 15) is 0 Å². The average Bonchev–Trinajstić information content (AvgIpc) is 2.89. The number of hydrogen-bond acceptors (Lipinski definition) is 3. The van der Waals surface area contributed by atoms with Gasteiger partial charge in [-0.3, -0.25) is 0 Å². The lowest BCUT2D eigenvalue weighted by atomic mass is 10.1. The minimum Gasteiger partial charge on any atom is -0.494 e. The summed E-state index contributed by atoms with van der Waals surface area (Å²) in [6, 6.07) is 16.5. The summed E-state index contributed by atoms with van der Waals surface area (Å²) < 4.78 is 11.4. The molecule has 0 radical (unpaired) electrons. The van der Waals surface area contributed by atoms with Gasteiger partial charge in [-0.15, -0.1) is 11.8 Å². The first-order valence-corrected chi connectivity index (χ1v) is 7.83. The quantitative estimate of drug-likeness (QED) is 0.821. The third-order valence-corrected chi connectivity index (χ3v) is 4.55. The van der Waals surface area contributed by atoms with E-state index in [4.69, 9.17) is 9.47 Å². The number of hydrogen-bond donors (Lipinski definition) is 0. The summed E-state index contributed by atoms with van der Waals surface area (Å²) in [6.07, 6.45) is 1.09. The first kappa shape index (κ1) is 13.4. The summed E-state index contributed by atoms with van der Waals surface area (Å²) in [7, 11) is 0. The third-order valence-electron chi connectivity index (χ3n) is 3.27. The molecule has 2 nitrogen and oxygen atoms in total. The molecular formula is C17H18O2S. The number of thioether (sulfide) groups is 1. The molecule has 3 heteroatoms. The Morgan fingerprint density at radius 2 is 1.85 bits per heavy atom. The van der Waals surface area contributed by atoms with Crippen molar-refractivity contribution in [3.05, 3.63) is 54.1 Å². The van der Waals surface area contributed by atoms with Crippen LogP contribution in [0.3, 0.4) is 0 Å². The van der Waals surface area contributed by atoms with Crippen molar-refractivity contribution < 1.29 is 9.47 Å². The fourth-order valence-corrected chi connectivity index (χ4v) is 3.57. The van der Waals surface area contributed by atoms with Crippen LogP contribution in [0.15, 0.2) is 53.4 Å². The number of ether oxygens (including phenoxy) is 2. The summed E-state index contributed by atoms with van der Waals surface area (Å²) in [6.45, 7) is 3.39. The molecule has 104 valence electrons. The van der Waals surface area contributed by atoms with Crippen LogP contribution >= 0.6 is 11.8 Å². The second kappa shape index (κ2) is 6.23. The largest absolute Gasteiger partial charge is 0.494 e. The predicted molar refractivity (Wildman–Crippen MR) is 82.9 cm³/mol. The Morgan fingerprint density at radius 1 is 1.05 bits per heavy atom. The average molecular weight is 286 g/mol. The zero-order valence-electron chi connectivity index (χ0n) is 11.5. The van der Waals surface area contributed by atoms with Crippen LogP contribution in [0.2, 0.25) is 0 Å². The Kier molecular flexibility index (Phi) is 4.16. The Bertz CT molecular complexity index is 558. The minimum atomic E-state index is 0.503. The molecule has 20 heavy (non-hydrogen) atoms. The van der Waals surface area contributed by atoms with E-state index in [0.717, 1.165) is 24.5 Å². The van der Waals surface area contributed by atoms with Crippen molar-refractivity contribution >= 4 is 11.8 Å². The molecule has 3 rings (SSSR count). The van der Waals surface area contributed by atoms with Gasteiger partial charge in [0.15, 0.2) is 0 Å². The molecule has 1 aliphatic rings. The van der Waals surface area contributed by atoms with Crippen molar-refractivity contribution in [1.29, 1.82) is 0 Å². The summed E-state index contributed by atoms with van der Waals surface area (Å²) in [4.78, 5) is 1.39. The van der Waals surface area contributed by atoms with E-state index in [2.05, 4.69) is 24.3 Å². The van der Waals surface area contributed by atoms with Crippen LogP contribution < -0.4 is 9.47 Å². The second-order valence-corrected chi connectivity index (χ2v) is 6.11. The standard InChI is InChI=1S/C17H18O2S/c1-2-18-14-7-5-8-15(11-14)19-12-16-10-13-6-3-4-9-17(13)20-16/h3-9,11,16H,2,10,12H2,1H3. The molecular weight excluding hydrogens is 268 g/mol. The van der Waals surface area contributed by atoms with Crippen molar-refractivity contribution in [1.82, 2.24) is 0 Å². The number of rotatable bonds is 5. The monoisotopic (exact) mass is 286 g/mol. The Labute approximate surface area is 124 Å². The molecule has 1 heterocycles. The van der Waals surface area contributed by atoms with Crippen molar-refractivity contribution in [2.24, 2.45) is 0 Å². The third kappa shape index (κ3) is 3.10. The predicted octanol–water partition coefficient (Wildman–Crippen LogP) is 4.18. The maximum absolute atomic E-state index is 5.91. The maximum atomic E-state index is 5.91. The van der Waals surface area contributed by atoms with Gasteiger partial charge in [0.1, 0.15) is 18.1 Å². The van der Waals surface area contributed by atoms with E-state index in [1.807, 2.05) is 43.0 Å². The zero-order valence-corrected chi connectivity index (χ0v) is 12.4. The van der Waals surface area contributed by atoms with Crippen LogP contribution in [-0.2, 0) is 6.42 Å². The first-order valence-electron chi connectivity index (χ1n) is 6.95. The zero-order chi connectivity index (χ0) is 13.8. The molecule has 2 aromatic rings. The topological polar surface area (TPSA) is 18.5 Å². The van der Waals surface area contributed by atoms with E-state index in [1.165, 1.54) is 10.5 Å². The summed E-state index contributed by atoms with van der Waals surface area (Å²) in [5, 5.41) is 0.503. The second-order valence-electron chi connectivity index (χ2n) is 4.77. The highest BCUT2D eigenvalue weighted by molar-refractivity contribution is 8.00. The van der Waals surface area contributed by atoms with Gasteiger partial charge in [0.2, 0.25) is 0 Å². The molecule has 0 spiro atoms. The molecule has 1 atom stereocenters. The molecule has 1 aliphatic heterocycles. The molecule has 0 saturated carbocycles. The van der Waals surface area contributed by atoms with E-state index >= 15 is 0 Å². The lowest BCUT2D eigenvalue weighted by Gasteiger charge is -2.12. The Morgan fingerprint density at radius 3 is 2.65 bits per heavy atom. The van der Waals surface area contributed by atoms with Crippen molar-refractivity contribution in [2.75, 3.05) is 13.2 Å². The molecule has 0 aliphatic carbocycles. The Balaban J connectivity index is 1.57. The highest BCUT2D eigenvalue weighted by Gasteiger charge is 2.22. The van der Waals surface area contributed by atoms with Crippen LogP contribution in [0.1, 0.15) is 12.5 Å². The van der Waals surface area contributed by atoms with Gasteiger partial charge in [0.05, 0.1) is 6.61 Å². The van der Waals surface area contributed by atoms with Crippen molar-refractivity contribution in [2.45, 2.75) is 23.5 Å². The molecule has 1 unspecified atom stereocenters. The fraction of sp³-hybridized carbons (Fsp3) is 0.294. The van der Waals surface area contributed by atoms with Gasteiger partial charge in [-0.1, -0.05) is 24.3 Å².